The van der Waals surface area contributed by atoms with Crippen LogP contribution in [0.4, 0.5) is 4.39 Å². The lowest BCUT2D eigenvalue weighted by molar-refractivity contribution is -0.149. The molecule has 1 rings (SSSR count). The molecule has 4 nitrogen and oxygen atoms in total. The third kappa shape index (κ3) is 7.20. The number of carbonyl (C=O) groups is 2. The van der Waals surface area contributed by atoms with E-state index in [1.54, 1.807) is 31.2 Å². The Morgan fingerprint density at radius 1 is 1.23 bits per heavy atom. The molecule has 22 heavy (non-hydrogen) atoms. The van der Waals surface area contributed by atoms with Crippen molar-refractivity contribution >= 4 is 34.5 Å². The van der Waals surface area contributed by atoms with Gasteiger partial charge in [0.25, 0.3) is 0 Å². The standard InChI is InChI=1S/C16H20FIO4/c1-2-21-16(20)14(17)11-13(18)9-6-10-22-15(19)12-7-4-3-5-8-12/h3-5,7-8,13-14H,2,6,9-11H2,1H3. The molecule has 1 aromatic carbocycles. The molecule has 0 aliphatic heterocycles. The molecule has 6 heteroatoms. The minimum absolute atomic E-state index is 0.00701. The van der Waals surface area contributed by atoms with Crippen molar-refractivity contribution in [3.63, 3.8) is 0 Å². The van der Waals surface area contributed by atoms with Crippen molar-refractivity contribution < 1.29 is 23.5 Å². The summed E-state index contributed by atoms with van der Waals surface area (Å²) in [7, 11) is 0. The summed E-state index contributed by atoms with van der Waals surface area (Å²) >= 11 is 2.10. The molecule has 0 radical (unpaired) electrons. The first-order chi connectivity index (χ1) is 10.5. The van der Waals surface area contributed by atoms with Crippen molar-refractivity contribution in [3.8, 4) is 0 Å². The fourth-order valence-electron chi connectivity index (χ4n) is 1.80. The summed E-state index contributed by atoms with van der Waals surface area (Å²) in [5.41, 5.74) is 0.514. The molecule has 0 N–H and O–H groups in total. The van der Waals surface area contributed by atoms with E-state index in [1.165, 1.54) is 0 Å². The number of rotatable bonds is 9. The minimum Gasteiger partial charge on any atom is -0.464 e. The highest BCUT2D eigenvalue weighted by Crippen LogP contribution is 2.18. The number of hydrogen-bond acceptors (Lipinski definition) is 4. The third-order valence-corrected chi connectivity index (χ3v) is 4.04. The summed E-state index contributed by atoms with van der Waals surface area (Å²) in [6.45, 7) is 2.11. The largest absolute Gasteiger partial charge is 0.464 e. The fourth-order valence-corrected chi connectivity index (χ4v) is 2.69. The molecule has 0 aromatic heterocycles. The van der Waals surface area contributed by atoms with Gasteiger partial charge >= 0.3 is 11.9 Å². The molecule has 2 atom stereocenters. The van der Waals surface area contributed by atoms with Crippen LogP contribution < -0.4 is 0 Å². The van der Waals surface area contributed by atoms with E-state index >= 15 is 0 Å². The topological polar surface area (TPSA) is 52.6 Å². The zero-order valence-electron chi connectivity index (χ0n) is 12.5. The number of hydrogen-bond donors (Lipinski definition) is 0. The van der Waals surface area contributed by atoms with Crippen LogP contribution in [0.5, 0.6) is 0 Å². The first-order valence-corrected chi connectivity index (χ1v) is 8.46. The second-order valence-electron chi connectivity index (χ2n) is 4.70. The average molecular weight is 422 g/mol. The second-order valence-corrected chi connectivity index (χ2v) is 6.46. The molecular formula is C16H20FIO4. The number of benzene rings is 1. The third-order valence-electron chi connectivity index (χ3n) is 2.91. The van der Waals surface area contributed by atoms with Crippen LogP contribution in [0.2, 0.25) is 0 Å². The Morgan fingerprint density at radius 3 is 2.55 bits per heavy atom. The van der Waals surface area contributed by atoms with Crippen molar-refractivity contribution in [2.45, 2.75) is 36.3 Å². The van der Waals surface area contributed by atoms with Gasteiger partial charge in [-0.1, -0.05) is 40.8 Å². The fraction of sp³-hybridized carbons (Fsp3) is 0.500. The van der Waals surface area contributed by atoms with Crippen molar-refractivity contribution in [1.82, 2.24) is 0 Å². The molecule has 0 aliphatic carbocycles. The second kappa shape index (κ2) is 10.5. The zero-order chi connectivity index (χ0) is 16.4. The van der Waals surface area contributed by atoms with Gasteiger partial charge in [-0.3, -0.25) is 0 Å². The maximum absolute atomic E-state index is 13.5. The smallest absolute Gasteiger partial charge is 0.340 e. The molecule has 0 heterocycles. The number of ether oxygens (including phenoxy) is 2. The minimum atomic E-state index is -1.59. The summed E-state index contributed by atoms with van der Waals surface area (Å²) in [6.07, 6.45) is -0.176. The number of esters is 2. The summed E-state index contributed by atoms with van der Waals surface area (Å²) in [6, 6.07) is 8.75. The molecule has 0 bridgehead atoms. The lowest BCUT2D eigenvalue weighted by Crippen LogP contribution is -2.22. The van der Waals surface area contributed by atoms with Gasteiger partial charge in [0, 0.05) is 10.3 Å². The van der Waals surface area contributed by atoms with Crippen molar-refractivity contribution in [3.05, 3.63) is 35.9 Å². The quantitative estimate of drug-likeness (QED) is 0.264. The highest BCUT2D eigenvalue weighted by atomic mass is 127. The molecule has 0 saturated carbocycles. The van der Waals surface area contributed by atoms with E-state index in [4.69, 9.17) is 4.74 Å². The van der Waals surface area contributed by atoms with E-state index in [2.05, 4.69) is 27.3 Å². The van der Waals surface area contributed by atoms with E-state index in [-0.39, 0.29) is 29.5 Å². The normalized spacial score (nSPS) is 13.2. The van der Waals surface area contributed by atoms with Gasteiger partial charge in [0.2, 0.25) is 0 Å². The first kappa shape index (κ1) is 18.9. The van der Waals surface area contributed by atoms with Crippen LogP contribution in [0.3, 0.4) is 0 Å². The SMILES string of the molecule is CCOC(=O)C(F)CC(I)CCCOC(=O)c1ccccc1. The molecular weight excluding hydrogens is 402 g/mol. The van der Waals surface area contributed by atoms with Crippen LogP contribution in [-0.4, -0.2) is 35.2 Å². The van der Waals surface area contributed by atoms with Crippen LogP contribution in [-0.2, 0) is 14.3 Å². The Hall–Kier alpha value is -1.18. The predicted octanol–water partition coefficient (Wildman–Crippen LogP) is 3.72. The van der Waals surface area contributed by atoms with Gasteiger partial charge in [-0.05, 0) is 31.9 Å². The Morgan fingerprint density at radius 2 is 1.91 bits per heavy atom. The Labute approximate surface area is 143 Å². The number of halogens is 2. The molecule has 1 aromatic rings. The number of alkyl halides is 2. The van der Waals surface area contributed by atoms with Gasteiger partial charge in [-0.15, -0.1) is 0 Å². The molecule has 122 valence electrons. The Kier molecular flexibility index (Phi) is 9.03. The Bertz CT molecular complexity index is 466. The number of carbonyl (C=O) groups excluding carboxylic acids is 2. The lowest BCUT2D eigenvalue weighted by atomic mass is 10.1. The summed E-state index contributed by atoms with van der Waals surface area (Å²) in [5, 5.41) is 0. The van der Waals surface area contributed by atoms with Crippen LogP contribution in [0.1, 0.15) is 36.5 Å². The maximum Gasteiger partial charge on any atom is 0.340 e. The molecule has 0 fully saturated rings. The highest BCUT2D eigenvalue weighted by Gasteiger charge is 2.22. The zero-order valence-corrected chi connectivity index (χ0v) is 14.6. The highest BCUT2D eigenvalue weighted by molar-refractivity contribution is 14.1. The summed E-state index contributed by atoms with van der Waals surface area (Å²) in [4.78, 5) is 22.9. The molecule has 2 unspecified atom stereocenters. The van der Waals surface area contributed by atoms with E-state index in [0.29, 0.717) is 18.4 Å². The van der Waals surface area contributed by atoms with Gasteiger partial charge in [-0.2, -0.15) is 0 Å². The predicted molar refractivity (Wildman–Crippen MR) is 89.9 cm³/mol. The molecule has 0 saturated heterocycles. The van der Waals surface area contributed by atoms with Crippen molar-refractivity contribution in [1.29, 1.82) is 0 Å². The maximum atomic E-state index is 13.5. The van der Waals surface area contributed by atoms with Gasteiger partial charge in [0.1, 0.15) is 0 Å². The average Bonchev–Trinajstić information content (AvgIpc) is 2.52. The van der Waals surface area contributed by atoms with Gasteiger partial charge < -0.3 is 9.47 Å². The van der Waals surface area contributed by atoms with E-state index in [9.17, 15) is 14.0 Å². The molecule has 0 spiro atoms. The summed E-state index contributed by atoms with van der Waals surface area (Å²) < 4.78 is 23.3. The van der Waals surface area contributed by atoms with Gasteiger partial charge in [0.15, 0.2) is 6.17 Å². The van der Waals surface area contributed by atoms with Crippen LogP contribution in [0.15, 0.2) is 30.3 Å². The van der Waals surface area contributed by atoms with Gasteiger partial charge in [0.05, 0.1) is 18.8 Å². The van der Waals surface area contributed by atoms with E-state index < -0.39 is 12.1 Å². The summed E-state index contributed by atoms with van der Waals surface area (Å²) in [5.74, 6) is -1.17. The van der Waals surface area contributed by atoms with Crippen molar-refractivity contribution in [2.24, 2.45) is 0 Å². The van der Waals surface area contributed by atoms with Crippen LogP contribution in [0.25, 0.3) is 0 Å². The van der Waals surface area contributed by atoms with E-state index in [0.717, 1.165) is 0 Å². The molecule has 0 aliphatic rings. The lowest BCUT2D eigenvalue weighted by Gasteiger charge is -2.12. The van der Waals surface area contributed by atoms with Crippen LogP contribution in [0, 0.1) is 0 Å². The van der Waals surface area contributed by atoms with E-state index in [1.807, 2.05) is 6.07 Å². The van der Waals surface area contributed by atoms with Gasteiger partial charge in [-0.25, -0.2) is 14.0 Å². The van der Waals surface area contributed by atoms with Crippen molar-refractivity contribution in [2.75, 3.05) is 13.2 Å². The monoisotopic (exact) mass is 422 g/mol. The first-order valence-electron chi connectivity index (χ1n) is 7.21. The van der Waals surface area contributed by atoms with Crippen LogP contribution >= 0.6 is 22.6 Å². The molecule has 0 amide bonds. The Balaban J connectivity index is 2.18.